The SMILES string of the molecule is C/C(=N\NC(=O)c1ccc(N)cc1)c1cccc(Cl)c1. The van der Waals surface area contributed by atoms with Gasteiger partial charge < -0.3 is 5.73 Å². The van der Waals surface area contributed by atoms with Gasteiger partial charge in [0.25, 0.3) is 5.91 Å². The zero-order valence-electron chi connectivity index (χ0n) is 10.9. The summed E-state index contributed by atoms with van der Waals surface area (Å²) in [5, 5.41) is 4.69. The van der Waals surface area contributed by atoms with E-state index in [-0.39, 0.29) is 5.91 Å². The quantitative estimate of drug-likeness (QED) is 0.517. The first-order valence-corrected chi connectivity index (χ1v) is 6.40. The molecule has 1 amide bonds. The molecule has 4 nitrogen and oxygen atoms in total. The number of nitrogen functional groups attached to an aromatic ring is 1. The van der Waals surface area contributed by atoms with Crippen LogP contribution in [-0.4, -0.2) is 11.6 Å². The van der Waals surface area contributed by atoms with E-state index in [4.69, 9.17) is 17.3 Å². The topological polar surface area (TPSA) is 67.5 Å². The van der Waals surface area contributed by atoms with E-state index < -0.39 is 0 Å². The van der Waals surface area contributed by atoms with E-state index in [1.807, 2.05) is 12.1 Å². The van der Waals surface area contributed by atoms with Crippen LogP contribution in [0.4, 0.5) is 5.69 Å². The largest absolute Gasteiger partial charge is 0.399 e. The van der Waals surface area contributed by atoms with E-state index >= 15 is 0 Å². The first kappa shape index (κ1) is 14.1. The third kappa shape index (κ3) is 3.59. The predicted molar refractivity (Wildman–Crippen MR) is 82.0 cm³/mol. The van der Waals surface area contributed by atoms with Gasteiger partial charge >= 0.3 is 0 Å². The summed E-state index contributed by atoms with van der Waals surface area (Å²) in [6.45, 7) is 1.80. The molecular formula is C15H14ClN3O. The minimum Gasteiger partial charge on any atom is -0.399 e. The molecule has 0 fully saturated rings. The number of anilines is 1. The number of hydrazone groups is 1. The lowest BCUT2D eigenvalue weighted by atomic mass is 10.1. The summed E-state index contributed by atoms with van der Waals surface area (Å²) in [5.41, 5.74) is 10.7. The van der Waals surface area contributed by atoms with Crippen LogP contribution < -0.4 is 11.2 Å². The number of nitrogens with zero attached hydrogens (tertiary/aromatic N) is 1. The number of nitrogens with two attached hydrogens (primary N) is 1. The fourth-order valence-corrected chi connectivity index (χ4v) is 1.80. The molecule has 0 aliphatic rings. The van der Waals surface area contributed by atoms with E-state index in [0.29, 0.717) is 22.0 Å². The highest BCUT2D eigenvalue weighted by Crippen LogP contribution is 2.11. The smallest absolute Gasteiger partial charge is 0.271 e. The van der Waals surface area contributed by atoms with Crippen LogP contribution in [0.1, 0.15) is 22.8 Å². The molecule has 0 atom stereocenters. The number of benzene rings is 2. The molecule has 0 aliphatic heterocycles. The Balaban J connectivity index is 2.08. The second-order valence-corrected chi connectivity index (χ2v) is 4.71. The minimum absolute atomic E-state index is 0.286. The van der Waals surface area contributed by atoms with Crippen molar-refractivity contribution in [2.45, 2.75) is 6.92 Å². The van der Waals surface area contributed by atoms with Gasteiger partial charge in [0, 0.05) is 16.3 Å². The van der Waals surface area contributed by atoms with Crippen molar-refractivity contribution in [1.29, 1.82) is 0 Å². The van der Waals surface area contributed by atoms with Crippen LogP contribution in [0.2, 0.25) is 5.02 Å². The van der Waals surface area contributed by atoms with Gasteiger partial charge in [-0.05, 0) is 48.9 Å². The van der Waals surface area contributed by atoms with Crippen LogP contribution in [0.25, 0.3) is 0 Å². The predicted octanol–water partition coefficient (Wildman–Crippen LogP) is 3.08. The van der Waals surface area contributed by atoms with Crippen LogP contribution in [0.15, 0.2) is 53.6 Å². The Morgan fingerprint density at radius 1 is 1.15 bits per heavy atom. The van der Waals surface area contributed by atoms with Gasteiger partial charge in [0.15, 0.2) is 0 Å². The van der Waals surface area contributed by atoms with E-state index in [1.165, 1.54) is 0 Å². The molecule has 2 rings (SSSR count). The molecule has 0 saturated heterocycles. The Bertz CT molecular complexity index is 650. The average molecular weight is 288 g/mol. The Morgan fingerprint density at radius 2 is 1.85 bits per heavy atom. The molecule has 0 aliphatic carbocycles. The number of halogens is 1. The van der Waals surface area contributed by atoms with E-state index in [2.05, 4.69) is 10.5 Å². The van der Waals surface area contributed by atoms with Crippen molar-refractivity contribution in [1.82, 2.24) is 5.43 Å². The average Bonchev–Trinajstić information content (AvgIpc) is 2.45. The van der Waals surface area contributed by atoms with Gasteiger partial charge in [-0.15, -0.1) is 0 Å². The van der Waals surface area contributed by atoms with Gasteiger partial charge in [-0.3, -0.25) is 4.79 Å². The van der Waals surface area contributed by atoms with Crippen LogP contribution in [0.5, 0.6) is 0 Å². The maximum absolute atomic E-state index is 11.9. The molecule has 0 aromatic heterocycles. The van der Waals surface area contributed by atoms with Crippen LogP contribution >= 0.6 is 11.6 Å². The van der Waals surface area contributed by atoms with Crippen LogP contribution in [-0.2, 0) is 0 Å². The molecule has 0 unspecified atom stereocenters. The zero-order valence-corrected chi connectivity index (χ0v) is 11.7. The summed E-state index contributed by atoms with van der Waals surface area (Å²) in [4.78, 5) is 11.9. The summed E-state index contributed by atoms with van der Waals surface area (Å²) in [6, 6.07) is 13.9. The molecule has 0 heterocycles. The van der Waals surface area contributed by atoms with Crippen LogP contribution in [0, 0.1) is 0 Å². The van der Waals surface area contributed by atoms with Crippen molar-refractivity contribution in [2.75, 3.05) is 5.73 Å². The number of hydrogen-bond acceptors (Lipinski definition) is 3. The number of nitrogens with one attached hydrogen (secondary N) is 1. The molecule has 0 radical (unpaired) electrons. The second kappa shape index (κ2) is 6.21. The molecule has 3 N–H and O–H groups in total. The molecular weight excluding hydrogens is 274 g/mol. The monoisotopic (exact) mass is 287 g/mol. The summed E-state index contributed by atoms with van der Waals surface area (Å²) in [6.07, 6.45) is 0. The van der Waals surface area contributed by atoms with E-state index in [0.717, 1.165) is 5.56 Å². The van der Waals surface area contributed by atoms with Gasteiger partial charge in [0.1, 0.15) is 0 Å². The van der Waals surface area contributed by atoms with E-state index in [1.54, 1.807) is 43.3 Å². The normalized spacial score (nSPS) is 11.2. The van der Waals surface area contributed by atoms with Gasteiger partial charge in [-0.25, -0.2) is 5.43 Å². The lowest BCUT2D eigenvalue weighted by Gasteiger charge is -2.04. The molecule has 2 aromatic rings. The molecule has 5 heteroatoms. The molecule has 20 heavy (non-hydrogen) atoms. The molecule has 0 spiro atoms. The summed E-state index contributed by atoms with van der Waals surface area (Å²) < 4.78 is 0. The Labute approximate surface area is 122 Å². The maximum atomic E-state index is 11.9. The molecule has 0 saturated carbocycles. The highest BCUT2D eigenvalue weighted by atomic mass is 35.5. The Morgan fingerprint density at radius 3 is 2.50 bits per heavy atom. The third-order valence-electron chi connectivity index (χ3n) is 2.74. The fourth-order valence-electron chi connectivity index (χ4n) is 1.61. The van der Waals surface area contributed by atoms with Crippen molar-refractivity contribution in [3.05, 3.63) is 64.7 Å². The molecule has 0 bridgehead atoms. The van der Waals surface area contributed by atoms with Crippen molar-refractivity contribution >= 4 is 28.9 Å². The van der Waals surface area contributed by atoms with Crippen molar-refractivity contribution in [3.63, 3.8) is 0 Å². The number of hydrogen-bond donors (Lipinski definition) is 2. The van der Waals surface area contributed by atoms with Gasteiger partial charge in [-0.1, -0.05) is 23.7 Å². The Kier molecular flexibility index (Phi) is 4.38. The summed E-state index contributed by atoms with van der Waals surface area (Å²) in [7, 11) is 0. The number of rotatable bonds is 3. The first-order valence-electron chi connectivity index (χ1n) is 6.02. The number of carbonyl (C=O) groups is 1. The lowest BCUT2D eigenvalue weighted by molar-refractivity contribution is 0.0955. The lowest BCUT2D eigenvalue weighted by Crippen LogP contribution is -2.19. The van der Waals surface area contributed by atoms with Crippen molar-refractivity contribution in [3.8, 4) is 0 Å². The van der Waals surface area contributed by atoms with Gasteiger partial charge in [0.05, 0.1) is 5.71 Å². The van der Waals surface area contributed by atoms with Gasteiger partial charge in [-0.2, -0.15) is 5.10 Å². The summed E-state index contributed by atoms with van der Waals surface area (Å²) >= 11 is 5.91. The van der Waals surface area contributed by atoms with Crippen LogP contribution in [0.3, 0.4) is 0 Å². The molecule has 2 aromatic carbocycles. The minimum atomic E-state index is -0.286. The zero-order chi connectivity index (χ0) is 14.5. The summed E-state index contributed by atoms with van der Waals surface area (Å²) in [5.74, 6) is -0.286. The fraction of sp³-hybridized carbons (Fsp3) is 0.0667. The second-order valence-electron chi connectivity index (χ2n) is 4.27. The van der Waals surface area contributed by atoms with Crippen molar-refractivity contribution < 1.29 is 4.79 Å². The number of amides is 1. The first-order chi connectivity index (χ1) is 9.56. The standard InChI is InChI=1S/C15H14ClN3O/c1-10(12-3-2-4-13(16)9-12)18-19-15(20)11-5-7-14(17)8-6-11/h2-9H,17H2,1H3,(H,19,20)/b18-10+. The van der Waals surface area contributed by atoms with Crippen molar-refractivity contribution in [2.24, 2.45) is 5.10 Å². The van der Waals surface area contributed by atoms with Gasteiger partial charge in [0.2, 0.25) is 0 Å². The Hall–Kier alpha value is -2.33. The highest BCUT2D eigenvalue weighted by molar-refractivity contribution is 6.31. The third-order valence-corrected chi connectivity index (χ3v) is 2.98. The van der Waals surface area contributed by atoms with E-state index in [9.17, 15) is 4.79 Å². The maximum Gasteiger partial charge on any atom is 0.271 e. The highest BCUT2D eigenvalue weighted by Gasteiger charge is 2.04. The molecule has 102 valence electrons. The number of carbonyl (C=O) groups excluding carboxylic acids is 1.